The van der Waals surface area contributed by atoms with Gasteiger partial charge in [0.25, 0.3) is 5.91 Å². The number of carbonyl (C=O) groups excluding carboxylic acids is 1. The standard InChI is InChI=1S/C18H24N4O3/c1-24-10-11-25-16-13-22(15-7-3-2-4-8-15)21-17(16)18(23)20-14-6-5-9-19-12-14/h2-4,7-8,13-14,19H,5-6,9-12H2,1H3,(H,20,23)/t14-/m0/s1. The second-order valence-corrected chi connectivity index (χ2v) is 5.98. The maximum atomic E-state index is 12.7. The summed E-state index contributed by atoms with van der Waals surface area (Å²) in [5.41, 5.74) is 1.17. The van der Waals surface area contributed by atoms with Gasteiger partial charge < -0.3 is 20.1 Å². The third-order valence-corrected chi connectivity index (χ3v) is 4.09. The average Bonchev–Trinajstić information content (AvgIpc) is 3.08. The number of aromatic nitrogens is 2. The van der Waals surface area contributed by atoms with Crippen molar-refractivity contribution in [3.63, 3.8) is 0 Å². The molecule has 25 heavy (non-hydrogen) atoms. The van der Waals surface area contributed by atoms with E-state index >= 15 is 0 Å². The van der Waals surface area contributed by atoms with Crippen LogP contribution in [0.1, 0.15) is 23.3 Å². The molecule has 1 aliphatic heterocycles. The van der Waals surface area contributed by atoms with E-state index in [2.05, 4.69) is 15.7 Å². The summed E-state index contributed by atoms with van der Waals surface area (Å²) in [4.78, 5) is 12.7. The molecular formula is C18H24N4O3. The molecule has 1 aliphatic rings. The van der Waals surface area contributed by atoms with Crippen molar-refractivity contribution >= 4 is 5.91 Å². The Morgan fingerprint density at radius 2 is 2.20 bits per heavy atom. The van der Waals surface area contributed by atoms with Crippen LogP contribution in [0.5, 0.6) is 5.75 Å². The Kier molecular flexibility index (Phi) is 6.03. The molecule has 1 amide bonds. The van der Waals surface area contributed by atoms with Gasteiger partial charge in [-0.1, -0.05) is 18.2 Å². The monoisotopic (exact) mass is 344 g/mol. The number of para-hydroxylation sites is 1. The van der Waals surface area contributed by atoms with Crippen molar-refractivity contribution in [2.24, 2.45) is 0 Å². The minimum absolute atomic E-state index is 0.120. The molecular weight excluding hydrogens is 320 g/mol. The first-order valence-corrected chi connectivity index (χ1v) is 8.56. The summed E-state index contributed by atoms with van der Waals surface area (Å²) in [5, 5.41) is 10.8. The van der Waals surface area contributed by atoms with Gasteiger partial charge >= 0.3 is 0 Å². The SMILES string of the molecule is COCCOc1cn(-c2ccccc2)nc1C(=O)N[C@H]1CCCNC1. The summed E-state index contributed by atoms with van der Waals surface area (Å²) < 4.78 is 12.4. The molecule has 1 saturated heterocycles. The van der Waals surface area contributed by atoms with Gasteiger partial charge in [0.05, 0.1) is 18.5 Å². The van der Waals surface area contributed by atoms with E-state index in [1.54, 1.807) is 18.0 Å². The molecule has 0 radical (unpaired) electrons. The lowest BCUT2D eigenvalue weighted by atomic mass is 10.1. The van der Waals surface area contributed by atoms with Gasteiger partial charge in [-0.15, -0.1) is 0 Å². The molecule has 0 bridgehead atoms. The molecule has 0 saturated carbocycles. The van der Waals surface area contributed by atoms with Crippen molar-refractivity contribution in [3.05, 3.63) is 42.2 Å². The van der Waals surface area contributed by atoms with Crippen molar-refractivity contribution < 1.29 is 14.3 Å². The Morgan fingerprint density at radius 1 is 1.36 bits per heavy atom. The minimum atomic E-state index is -0.212. The van der Waals surface area contributed by atoms with Gasteiger partial charge in [-0.05, 0) is 31.5 Å². The van der Waals surface area contributed by atoms with Crippen LogP contribution in [0.15, 0.2) is 36.5 Å². The Hall–Kier alpha value is -2.38. The Morgan fingerprint density at radius 3 is 2.92 bits per heavy atom. The van der Waals surface area contributed by atoms with Gasteiger partial charge in [0.1, 0.15) is 6.61 Å². The fourth-order valence-electron chi connectivity index (χ4n) is 2.80. The van der Waals surface area contributed by atoms with Crippen LogP contribution in [0.3, 0.4) is 0 Å². The van der Waals surface area contributed by atoms with Gasteiger partial charge in [0, 0.05) is 19.7 Å². The number of carbonyl (C=O) groups is 1. The molecule has 0 aliphatic carbocycles. The molecule has 134 valence electrons. The van der Waals surface area contributed by atoms with Crippen LogP contribution in [0, 0.1) is 0 Å². The molecule has 0 spiro atoms. The summed E-state index contributed by atoms with van der Waals surface area (Å²) >= 11 is 0. The number of rotatable bonds is 7. The molecule has 7 heteroatoms. The van der Waals surface area contributed by atoms with Crippen LogP contribution < -0.4 is 15.4 Å². The van der Waals surface area contributed by atoms with Crippen LogP contribution in [-0.2, 0) is 4.74 Å². The van der Waals surface area contributed by atoms with Crippen molar-refractivity contribution in [2.45, 2.75) is 18.9 Å². The Labute approximate surface area is 147 Å². The number of ether oxygens (including phenoxy) is 2. The highest BCUT2D eigenvalue weighted by Crippen LogP contribution is 2.20. The van der Waals surface area contributed by atoms with E-state index in [0.29, 0.717) is 24.7 Å². The second-order valence-electron chi connectivity index (χ2n) is 5.98. The zero-order valence-corrected chi connectivity index (χ0v) is 14.4. The third kappa shape index (κ3) is 4.58. The number of benzene rings is 1. The number of piperidine rings is 1. The molecule has 1 atom stereocenters. The second kappa shape index (κ2) is 8.64. The van der Waals surface area contributed by atoms with Gasteiger partial charge in [-0.25, -0.2) is 4.68 Å². The molecule has 1 fully saturated rings. The molecule has 1 aromatic heterocycles. The molecule has 1 aromatic carbocycles. The summed E-state index contributed by atoms with van der Waals surface area (Å²) in [6, 6.07) is 9.77. The first-order chi connectivity index (χ1) is 12.3. The summed E-state index contributed by atoms with van der Waals surface area (Å²) in [6.07, 6.45) is 3.76. The van der Waals surface area contributed by atoms with Gasteiger partial charge in [0.2, 0.25) is 0 Å². The molecule has 3 rings (SSSR count). The van der Waals surface area contributed by atoms with Crippen LogP contribution in [0.4, 0.5) is 0 Å². The number of nitrogens with one attached hydrogen (secondary N) is 2. The lowest BCUT2D eigenvalue weighted by Gasteiger charge is -2.23. The highest BCUT2D eigenvalue weighted by atomic mass is 16.5. The fraction of sp³-hybridized carbons (Fsp3) is 0.444. The maximum Gasteiger partial charge on any atom is 0.275 e. The number of methoxy groups -OCH3 is 1. The minimum Gasteiger partial charge on any atom is -0.487 e. The largest absolute Gasteiger partial charge is 0.487 e. The Balaban J connectivity index is 1.79. The number of hydrogen-bond acceptors (Lipinski definition) is 5. The van der Waals surface area contributed by atoms with E-state index in [1.807, 2.05) is 30.3 Å². The van der Waals surface area contributed by atoms with Crippen molar-refractivity contribution in [1.82, 2.24) is 20.4 Å². The van der Waals surface area contributed by atoms with E-state index in [1.165, 1.54) is 0 Å². The predicted octanol–water partition coefficient (Wildman–Crippen LogP) is 1.38. The fourth-order valence-corrected chi connectivity index (χ4v) is 2.80. The quantitative estimate of drug-likeness (QED) is 0.742. The van der Waals surface area contributed by atoms with E-state index < -0.39 is 0 Å². The van der Waals surface area contributed by atoms with E-state index in [9.17, 15) is 4.79 Å². The topological polar surface area (TPSA) is 77.4 Å². The van der Waals surface area contributed by atoms with E-state index in [-0.39, 0.29) is 11.9 Å². The number of hydrogen-bond donors (Lipinski definition) is 2. The lowest BCUT2D eigenvalue weighted by molar-refractivity contribution is 0.0917. The lowest BCUT2D eigenvalue weighted by Crippen LogP contribution is -2.45. The maximum absolute atomic E-state index is 12.7. The zero-order valence-electron chi connectivity index (χ0n) is 14.4. The summed E-state index contributed by atoms with van der Waals surface area (Å²) in [6.45, 7) is 2.59. The van der Waals surface area contributed by atoms with Crippen molar-refractivity contribution in [2.75, 3.05) is 33.4 Å². The highest BCUT2D eigenvalue weighted by molar-refractivity contribution is 5.95. The number of nitrogens with zero attached hydrogens (tertiary/aromatic N) is 2. The van der Waals surface area contributed by atoms with Crippen LogP contribution in [-0.4, -0.2) is 55.1 Å². The summed E-state index contributed by atoms with van der Waals surface area (Å²) in [5.74, 6) is 0.248. The summed E-state index contributed by atoms with van der Waals surface area (Å²) in [7, 11) is 1.61. The van der Waals surface area contributed by atoms with Crippen LogP contribution in [0.25, 0.3) is 5.69 Å². The molecule has 0 unspecified atom stereocenters. The van der Waals surface area contributed by atoms with Gasteiger partial charge in [0.15, 0.2) is 11.4 Å². The van der Waals surface area contributed by atoms with Crippen molar-refractivity contribution in [1.29, 1.82) is 0 Å². The van der Waals surface area contributed by atoms with E-state index in [4.69, 9.17) is 9.47 Å². The van der Waals surface area contributed by atoms with Gasteiger partial charge in [-0.2, -0.15) is 5.10 Å². The molecule has 2 N–H and O–H groups in total. The van der Waals surface area contributed by atoms with Crippen LogP contribution in [0.2, 0.25) is 0 Å². The highest BCUT2D eigenvalue weighted by Gasteiger charge is 2.22. The van der Waals surface area contributed by atoms with Gasteiger partial charge in [-0.3, -0.25) is 4.79 Å². The van der Waals surface area contributed by atoms with E-state index in [0.717, 1.165) is 31.6 Å². The Bertz CT molecular complexity index is 681. The first-order valence-electron chi connectivity index (χ1n) is 8.56. The number of amides is 1. The smallest absolute Gasteiger partial charge is 0.275 e. The molecule has 2 heterocycles. The molecule has 7 nitrogen and oxygen atoms in total. The zero-order chi connectivity index (χ0) is 17.5. The van der Waals surface area contributed by atoms with Crippen molar-refractivity contribution in [3.8, 4) is 11.4 Å². The van der Waals surface area contributed by atoms with Crippen LogP contribution >= 0.6 is 0 Å². The normalized spacial score (nSPS) is 17.2. The third-order valence-electron chi connectivity index (χ3n) is 4.09. The average molecular weight is 344 g/mol. The first kappa shape index (κ1) is 17.4. The molecule has 2 aromatic rings. The predicted molar refractivity (Wildman–Crippen MR) is 94.3 cm³/mol.